The summed E-state index contributed by atoms with van der Waals surface area (Å²) in [4.78, 5) is 23.5. The number of hydrogen-bond donors (Lipinski definition) is 2. The molecular weight excluding hydrogens is 335 g/mol. The number of hydrogen-bond acceptors (Lipinski definition) is 2. The standard InChI is InChI=1S/C17H16Cl2N2O2/c1-2-16(22)20-13-4-3-5-14(10-13)21-17(23)8-11-6-7-12(18)9-15(11)19/h3-7,9-10H,2,8H2,1H3,(H,20,22)(H,21,23). The Morgan fingerprint density at radius 2 is 1.61 bits per heavy atom. The molecule has 2 N–H and O–H groups in total. The molecule has 2 rings (SSSR count). The van der Waals surface area contributed by atoms with Gasteiger partial charge in [0.25, 0.3) is 0 Å². The molecule has 2 amide bonds. The number of halogens is 2. The summed E-state index contributed by atoms with van der Waals surface area (Å²) in [7, 11) is 0. The van der Waals surface area contributed by atoms with Crippen LogP contribution in [-0.2, 0) is 16.0 Å². The zero-order chi connectivity index (χ0) is 16.8. The van der Waals surface area contributed by atoms with Gasteiger partial charge in [-0.2, -0.15) is 0 Å². The van der Waals surface area contributed by atoms with Crippen molar-refractivity contribution in [3.05, 3.63) is 58.1 Å². The van der Waals surface area contributed by atoms with Crippen molar-refractivity contribution in [3.63, 3.8) is 0 Å². The molecule has 0 fully saturated rings. The molecular formula is C17H16Cl2N2O2. The van der Waals surface area contributed by atoms with E-state index >= 15 is 0 Å². The van der Waals surface area contributed by atoms with E-state index < -0.39 is 0 Å². The third-order valence-corrected chi connectivity index (χ3v) is 3.70. The lowest BCUT2D eigenvalue weighted by atomic mass is 10.1. The summed E-state index contributed by atoms with van der Waals surface area (Å²) in [5.74, 6) is -0.283. The molecule has 2 aromatic rings. The molecule has 0 bridgehead atoms. The Bertz CT molecular complexity index is 732. The summed E-state index contributed by atoms with van der Waals surface area (Å²) in [6.07, 6.45) is 0.535. The van der Waals surface area contributed by atoms with Crippen LogP contribution >= 0.6 is 23.2 Å². The van der Waals surface area contributed by atoms with E-state index in [0.717, 1.165) is 0 Å². The summed E-state index contributed by atoms with van der Waals surface area (Å²) < 4.78 is 0. The van der Waals surface area contributed by atoms with E-state index in [4.69, 9.17) is 23.2 Å². The van der Waals surface area contributed by atoms with Gasteiger partial charge in [-0.15, -0.1) is 0 Å². The monoisotopic (exact) mass is 350 g/mol. The van der Waals surface area contributed by atoms with Crippen LogP contribution in [0.2, 0.25) is 10.0 Å². The fourth-order valence-corrected chi connectivity index (χ4v) is 2.44. The maximum atomic E-state index is 12.1. The van der Waals surface area contributed by atoms with Crippen molar-refractivity contribution in [2.75, 3.05) is 10.6 Å². The van der Waals surface area contributed by atoms with Crippen LogP contribution in [0.4, 0.5) is 11.4 Å². The van der Waals surface area contributed by atoms with E-state index in [9.17, 15) is 9.59 Å². The van der Waals surface area contributed by atoms with E-state index in [1.807, 2.05) is 0 Å². The second-order valence-corrected chi connectivity index (χ2v) is 5.79. The maximum Gasteiger partial charge on any atom is 0.228 e. The van der Waals surface area contributed by atoms with Crippen LogP contribution in [0.5, 0.6) is 0 Å². The van der Waals surface area contributed by atoms with Crippen LogP contribution in [-0.4, -0.2) is 11.8 Å². The molecule has 0 saturated heterocycles. The summed E-state index contributed by atoms with van der Waals surface area (Å²) in [5, 5.41) is 6.51. The van der Waals surface area contributed by atoms with Gasteiger partial charge in [-0.25, -0.2) is 0 Å². The molecule has 120 valence electrons. The molecule has 0 spiro atoms. The molecule has 0 saturated carbocycles. The lowest BCUT2D eigenvalue weighted by molar-refractivity contribution is -0.116. The van der Waals surface area contributed by atoms with E-state index in [2.05, 4.69) is 10.6 Å². The maximum absolute atomic E-state index is 12.1. The number of carbonyl (C=O) groups excluding carboxylic acids is 2. The Morgan fingerprint density at radius 1 is 0.957 bits per heavy atom. The van der Waals surface area contributed by atoms with Crippen molar-refractivity contribution in [2.45, 2.75) is 19.8 Å². The van der Waals surface area contributed by atoms with E-state index in [-0.39, 0.29) is 18.2 Å². The summed E-state index contributed by atoms with van der Waals surface area (Å²) in [5.41, 5.74) is 1.94. The van der Waals surface area contributed by atoms with Gasteiger partial charge in [0.15, 0.2) is 0 Å². The third-order valence-electron chi connectivity index (χ3n) is 3.12. The minimum atomic E-state index is -0.201. The molecule has 0 aromatic heterocycles. The highest BCUT2D eigenvalue weighted by Gasteiger charge is 2.09. The SMILES string of the molecule is CCC(=O)Nc1cccc(NC(=O)Cc2ccc(Cl)cc2Cl)c1. The number of nitrogens with one attached hydrogen (secondary N) is 2. The predicted molar refractivity (Wildman–Crippen MR) is 94.2 cm³/mol. The fourth-order valence-electron chi connectivity index (χ4n) is 1.97. The van der Waals surface area contributed by atoms with E-state index in [1.54, 1.807) is 49.4 Å². The normalized spacial score (nSPS) is 10.2. The minimum absolute atomic E-state index is 0.0820. The van der Waals surface area contributed by atoms with Crippen molar-refractivity contribution < 1.29 is 9.59 Å². The van der Waals surface area contributed by atoms with Crippen LogP contribution in [0.3, 0.4) is 0 Å². The second-order valence-electron chi connectivity index (χ2n) is 4.94. The van der Waals surface area contributed by atoms with Crippen LogP contribution in [0.25, 0.3) is 0 Å². The molecule has 0 aliphatic carbocycles. The second kappa shape index (κ2) is 7.99. The van der Waals surface area contributed by atoms with Crippen LogP contribution in [0.1, 0.15) is 18.9 Å². The zero-order valence-electron chi connectivity index (χ0n) is 12.5. The fraction of sp³-hybridized carbons (Fsp3) is 0.176. The van der Waals surface area contributed by atoms with E-state index in [0.29, 0.717) is 33.4 Å². The van der Waals surface area contributed by atoms with Gasteiger partial charge in [-0.1, -0.05) is 42.3 Å². The van der Waals surface area contributed by atoms with Gasteiger partial charge in [0.05, 0.1) is 6.42 Å². The molecule has 23 heavy (non-hydrogen) atoms. The third kappa shape index (κ3) is 5.27. The largest absolute Gasteiger partial charge is 0.326 e. The predicted octanol–water partition coefficient (Wildman–Crippen LogP) is 4.52. The molecule has 0 atom stereocenters. The Balaban J connectivity index is 2.02. The lowest BCUT2D eigenvalue weighted by Crippen LogP contribution is -2.15. The number of carbonyl (C=O) groups is 2. The Morgan fingerprint density at radius 3 is 2.22 bits per heavy atom. The highest BCUT2D eigenvalue weighted by Crippen LogP contribution is 2.22. The Hall–Kier alpha value is -2.04. The quantitative estimate of drug-likeness (QED) is 0.832. The summed E-state index contributed by atoms with van der Waals surface area (Å²) in [6.45, 7) is 1.77. The van der Waals surface area contributed by atoms with Gasteiger partial charge < -0.3 is 10.6 Å². The van der Waals surface area contributed by atoms with Gasteiger partial charge in [0.2, 0.25) is 11.8 Å². The first-order valence-electron chi connectivity index (χ1n) is 7.11. The lowest BCUT2D eigenvalue weighted by Gasteiger charge is -2.09. The number of anilines is 2. The number of rotatable bonds is 5. The van der Waals surface area contributed by atoms with Crippen molar-refractivity contribution in [2.24, 2.45) is 0 Å². The molecule has 4 nitrogen and oxygen atoms in total. The molecule has 0 heterocycles. The summed E-state index contributed by atoms with van der Waals surface area (Å²) >= 11 is 11.9. The van der Waals surface area contributed by atoms with Gasteiger partial charge in [0, 0.05) is 27.8 Å². The van der Waals surface area contributed by atoms with Crippen LogP contribution in [0, 0.1) is 0 Å². The van der Waals surface area contributed by atoms with Gasteiger partial charge in [0.1, 0.15) is 0 Å². The molecule has 0 unspecified atom stereocenters. The van der Waals surface area contributed by atoms with Crippen LogP contribution < -0.4 is 10.6 Å². The average Bonchev–Trinajstić information content (AvgIpc) is 2.50. The highest BCUT2D eigenvalue weighted by molar-refractivity contribution is 6.35. The molecule has 0 aliphatic rings. The first kappa shape index (κ1) is 17.3. The first-order valence-corrected chi connectivity index (χ1v) is 7.87. The van der Waals surface area contributed by atoms with Gasteiger partial charge >= 0.3 is 0 Å². The summed E-state index contributed by atoms with van der Waals surface area (Å²) in [6, 6.07) is 12.0. The average molecular weight is 351 g/mol. The van der Waals surface area contributed by atoms with Crippen molar-refractivity contribution in [1.29, 1.82) is 0 Å². The smallest absolute Gasteiger partial charge is 0.228 e. The molecule has 6 heteroatoms. The first-order chi connectivity index (χ1) is 11.0. The number of amides is 2. The van der Waals surface area contributed by atoms with Crippen LogP contribution in [0.15, 0.2) is 42.5 Å². The van der Waals surface area contributed by atoms with Crippen molar-refractivity contribution in [1.82, 2.24) is 0 Å². The van der Waals surface area contributed by atoms with Gasteiger partial charge in [-0.05, 0) is 35.9 Å². The topological polar surface area (TPSA) is 58.2 Å². The zero-order valence-corrected chi connectivity index (χ0v) is 14.0. The highest BCUT2D eigenvalue weighted by atomic mass is 35.5. The Kier molecular flexibility index (Phi) is 6.02. The van der Waals surface area contributed by atoms with Crippen molar-refractivity contribution >= 4 is 46.4 Å². The van der Waals surface area contributed by atoms with E-state index in [1.165, 1.54) is 0 Å². The Labute approximate surface area is 144 Å². The van der Waals surface area contributed by atoms with Crippen molar-refractivity contribution in [3.8, 4) is 0 Å². The molecule has 0 aliphatic heterocycles. The minimum Gasteiger partial charge on any atom is -0.326 e. The number of benzene rings is 2. The molecule has 0 radical (unpaired) electrons. The van der Waals surface area contributed by atoms with Gasteiger partial charge in [-0.3, -0.25) is 9.59 Å². The molecule has 2 aromatic carbocycles.